The number of aliphatic hydroxyl groups excluding tert-OH is 1. The van der Waals surface area contributed by atoms with Crippen molar-refractivity contribution in [2.24, 2.45) is 0 Å². The van der Waals surface area contributed by atoms with Gasteiger partial charge in [0.2, 0.25) is 0 Å². The van der Waals surface area contributed by atoms with E-state index in [-0.39, 0.29) is 6.10 Å². The Hall–Kier alpha value is -0.550. The largest absolute Gasteiger partial charge is 0.485 e. The lowest BCUT2D eigenvalue weighted by molar-refractivity contribution is 0.0657. The summed E-state index contributed by atoms with van der Waals surface area (Å²) in [5.41, 5.74) is 1.70. The monoisotopic (exact) mass is 416 g/mol. The number of benzene rings is 2. The van der Waals surface area contributed by atoms with Crippen LogP contribution < -0.4 is 4.74 Å². The van der Waals surface area contributed by atoms with Crippen LogP contribution in [0.5, 0.6) is 5.75 Å². The first kappa shape index (κ1) is 14.4. The van der Waals surface area contributed by atoms with E-state index >= 15 is 0 Å². The normalized spacial score (nSPS) is 21.2. The van der Waals surface area contributed by atoms with Crippen LogP contribution in [-0.4, -0.2) is 5.11 Å². The molecular formula is C15H11Br2ClO2. The fourth-order valence-corrected chi connectivity index (χ4v) is 3.55. The molecule has 0 radical (unpaired) electrons. The minimum absolute atomic E-state index is 0.237. The minimum atomic E-state index is -0.555. The third-order valence-corrected chi connectivity index (χ3v) is 4.66. The molecule has 1 aliphatic rings. The van der Waals surface area contributed by atoms with Crippen molar-refractivity contribution in [2.45, 2.75) is 18.6 Å². The van der Waals surface area contributed by atoms with Gasteiger partial charge in [-0.15, -0.1) is 0 Å². The molecule has 1 unspecified atom stereocenters. The Morgan fingerprint density at radius 2 is 1.75 bits per heavy atom. The third-order valence-electron chi connectivity index (χ3n) is 3.35. The molecule has 2 aromatic carbocycles. The van der Waals surface area contributed by atoms with E-state index in [2.05, 4.69) is 31.9 Å². The Balaban J connectivity index is 1.97. The van der Waals surface area contributed by atoms with Gasteiger partial charge in [-0.1, -0.05) is 49.5 Å². The number of rotatable bonds is 1. The zero-order valence-electron chi connectivity index (χ0n) is 10.3. The Bertz CT molecular complexity index is 660. The first-order valence-electron chi connectivity index (χ1n) is 6.13. The summed E-state index contributed by atoms with van der Waals surface area (Å²) in [6.07, 6.45) is -0.301. The quantitative estimate of drug-likeness (QED) is 0.670. The van der Waals surface area contributed by atoms with E-state index in [1.54, 1.807) is 0 Å². The summed E-state index contributed by atoms with van der Waals surface area (Å²) in [7, 11) is 0. The SMILES string of the molecule is O[C@H]1CC(c2ccc(Br)cc2Cl)Oc2ccc(Br)cc21. The van der Waals surface area contributed by atoms with Gasteiger partial charge in [-0.25, -0.2) is 0 Å². The molecule has 3 rings (SSSR count). The summed E-state index contributed by atoms with van der Waals surface area (Å²) in [6, 6.07) is 11.3. The second kappa shape index (κ2) is 5.68. The highest BCUT2D eigenvalue weighted by Crippen LogP contribution is 2.43. The predicted molar refractivity (Wildman–Crippen MR) is 86.2 cm³/mol. The van der Waals surface area contributed by atoms with Crippen molar-refractivity contribution < 1.29 is 9.84 Å². The summed E-state index contributed by atoms with van der Waals surface area (Å²) < 4.78 is 7.84. The van der Waals surface area contributed by atoms with Crippen LogP contribution in [0.15, 0.2) is 45.3 Å². The molecule has 20 heavy (non-hydrogen) atoms. The van der Waals surface area contributed by atoms with Crippen LogP contribution in [0.1, 0.15) is 29.8 Å². The third kappa shape index (κ3) is 2.75. The number of halogens is 3. The molecule has 2 aromatic rings. The molecule has 2 nitrogen and oxygen atoms in total. The average molecular weight is 419 g/mol. The maximum absolute atomic E-state index is 10.3. The smallest absolute Gasteiger partial charge is 0.128 e. The second-order valence-corrected chi connectivity index (χ2v) is 6.94. The minimum Gasteiger partial charge on any atom is -0.485 e. The highest BCUT2D eigenvalue weighted by atomic mass is 79.9. The topological polar surface area (TPSA) is 29.5 Å². The van der Waals surface area contributed by atoms with Crippen LogP contribution in [0.25, 0.3) is 0 Å². The fraction of sp³-hybridized carbons (Fsp3) is 0.200. The summed E-state index contributed by atoms with van der Waals surface area (Å²) in [5, 5.41) is 10.9. The van der Waals surface area contributed by atoms with Crippen molar-refractivity contribution in [3.63, 3.8) is 0 Å². The molecule has 0 fully saturated rings. The fourth-order valence-electron chi connectivity index (χ4n) is 2.37. The molecule has 0 spiro atoms. The van der Waals surface area contributed by atoms with Crippen LogP contribution >= 0.6 is 43.5 Å². The zero-order chi connectivity index (χ0) is 14.3. The highest BCUT2D eigenvalue weighted by molar-refractivity contribution is 9.10. The van der Waals surface area contributed by atoms with Gasteiger partial charge < -0.3 is 9.84 Å². The van der Waals surface area contributed by atoms with E-state index in [1.165, 1.54) is 0 Å². The number of fused-ring (bicyclic) bond motifs is 1. The molecule has 1 heterocycles. The van der Waals surface area contributed by atoms with Crippen molar-refractivity contribution in [3.05, 3.63) is 61.5 Å². The number of ether oxygens (including phenoxy) is 1. The predicted octanol–water partition coefficient (Wildman–Crippen LogP) is 5.42. The van der Waals surface area contributed by atoms with Crippen LogP contribution in [0, 0.1) is 0 Å². The zero-order valence-corrected chi connectivity index (χ0v) is 14.2. The van der Waals surface area contributed by atoms with Crippen molar-refractivity contribution >= 4 is 43.5 Å². The Labute approximate surface area is 139 Å². The van der Waals surface area contributed by atoms with Crippen molar-refractivity contribution in [2.75, 3.05) is 0 Å². The highest BCUT2D eigenvalue weighted by Gasteiger charge is 2.29. The van der Waals surface area contributed by atoms with Crippen molar-refractivity contribution in [3.8, 4) is 5.75 Å². The lowest BCUT2D eigenvalue weighted by Crippen LogP contribution is -2.19. The Kier molecular flexibility index (Phi) is 4.09. The summed E-state index contributed by atoms with van der Waals surface area (Å²) in [4.78, 5) is 0. The summed E-state index contributed by atoms with van der Waals surface area (Å²) >= 11 is 13.1. The number of aliphatic hydroxyl groups is 1. The van der Waals surface area contributed by atoms with Crippen LogP contribution in [0.3, 0.4) is 0 Å². The van der Waals surface area contributed by atoms with Gasteiger partial charge in [-0.05, 0) is 30.3 Å². The molecule has 0 saturated carbocycles. The van der Waals surface area contributed by atoms with Gasteiger partial charge in [0.1, 0.15) is 11.9 Å². The van der Waals surface area contributed by atoms with Crippen LogP contribution in [-0.2, 0) is 0 Å². The van der Waals surface area contributed by atoms with Crippen LogP contribution in [0.4, 0.5) is 0 Å². The molecular weight excluding hydrogens is 407 g/mol. The first-order chi connectivity index (χ1) is 9.54. The molecule has 5 heteroatoms. The molecule has 0 bridgehead atoms. The van der Waals surface area contributed by atoms with Gasteiger partial charge in [-0.3, -0.25) is 0 Å². The molecule has 1 aliphatic heterocycles. The summed E-state index contributed by atoms with van der Waals surface area (Å²) in [5.74, 6) is 0.705. The lowest BCUT2D eigenvalue weighted by Gasteiger charge is -2.30. The molecule has 0 aliphatic carbocycles. The number of hydrogen-bond acceptors (Lipinski definition) is 2. The van der Waals surface area contributed by atoms with Gasteiger partial charge >= 0.3 is 0 Å². The maximum atomic E-state index is 10.3. The maximum Gasteiger partial charge on any atom is 0.128 e. The van der Waals surface area contributed by atoms with E-state index in [0.717, 1.165) is 20.1 Å². The molecule has 0 aromatic heterocycles. The van der Waals surface area contributed by atoms with Gasteiger partial charge in [0, 0.05) is 31.5 Å². The standard InChI is InChI=1S/C15H11Br2ClO2/c16-8-2-4-14-11(5-8)13(19)7-15(20-14)10-3-1-9(17)6-12(10)18/h1-6,13,15,19H,7H2/t13-,15?/m0/s1. The van der Waals surface area contributed by atoms with Gasteiger partial charge in [0.05, 0.1) is 6.10 Å². The van der Waals surface area contributed by atoms with Gasteiger partial charge in [-0.2, -0.15) is 0 Å². The van der Waals surface area contributed by atoms with E-state index < -0.39 is 6.10 Å². The lowest BCUT2D eigenvalue weighted by atomic mass is 9.95. The van der Waals surface area contributed by atoms with E-state index in [1.807, 2.05) is 36.4 Å². The van der Waals surface area contributed by atoms with Gasteiger partial charge in [0.15, 0.2) is 0 Å². The Morgan fingerprint density at radius 1 is 1.05 bits per heavy atom. The van der Waals surface area contributed by atoms with Crippen molar-refractivity contribution in [1.29, 1.82) is 0 Å². The van der Waals surface area contributed by atoms with E-state index in [4.69, 9.17) is 16.3 Å². The number of hydrogen-bond donors (Lipinski definition) is 1. The van der Waals surface area contributed by atoms with E-state index in [0.29, 0.717) is 17.2 Å². The summed E-state index contributed by atoms with van der Waals surface area (Å²) in [6.45, 7) is 0. The molecule has 0 amide bonds. The molecule has 2 atom stereocenters. The molecule has 0 saturated heterocycles. The Morgan fingerprint density at radius 3 is 2.50 bits per heavy atom. The average Bonchev–Trinajstić information content (AvgIpc) is 2.39. The molecule has 1 N–H and O–H groups in total. The van der Waals surface area contributed by atoms with Gasteiger partial charge in [0.25, 0.3) is 0 Å². The first-order valence-corrected chi connectivity index (χ1v) is 8.10. The van der Waals surface area contributed by atoms with Crippen molar-refractivity contribution in [1.82, 2.24) is 0 Å². The van der Waals surface area contributed by atoms with E-state index in [9.17, 15) is 5.11 Å². The second-order valence-electron chi connectivity index (χ2n) is 4.71. The molecule has 104 valence electrons. The van der Waals surface area contributed by atoms with Crippen LogP contribution in [0.2, 0.25) is 5.02 Å².